The van der Waals surface area contributed by atoms with Crippen molar-refractivity contribution in [2.24, 2.45) is 0 Å². The highest BCUT2D eigenvalue weighted by Gasteiger charge is 2.22. The van der Waals surface area contributed by atoms with Gasteiger partial charge in [-0.15, -0.1) is 0 Å². The summed E-state index contributed by atoms with van der Waals surface area (Å²) in [5.41, 5.74) is 1.30. The smallest absolute Gasteiger partial charge is 0.258 e. The third-order valence-corrected chi connectivity index (χ3v) is 3.81. The van der Waals surface area contributed by atoms with E-state index >= 15 is 0 Å². The second-order valence-corrected chi connectivity index (χ2v) is 5.18. The van der Waals surface area contributed by atoms with Crippen LogP contribution in [0.15, 0.2) is 35.3 Å². The maximum absolute atomic E-state index is 12.0. The molecule has 0 amide bonds. The second kappa shape index (κ2) is 5.54. The third kappa shape index (κ3) is 2.49. The SMILES string of the molecule is O=CC1CCCCN1Cc1cc(=O)n2ccccc2n1. The summed E-state index contributed by atoms with van der Waals surface area (Å²) in [5, 5.41) is 0. The zero-order valence-corrected chi connectivity index (χ0v) is 11.2. The van der Waals surface area contributed by atoms with E-state index in [0.717, 1.165) is 37.8 Å². The number of aldehydes is 1. The number of hydrogen-bond donors (Lipinski definition) is 0. The van der Waals surface area contributed by atoms with Gasteiger partial charge in [-0.2, -0.15) is 0 Å². The van der Waals surface area contributed by atoms with Crippen LogP contribution in [0.1, 0.15) is 25.0 Å². The molecule has 0 saturated carbocycles. The van der Waals surface area contributed by atoms with Crippen LogP contribution in [0.25, 0.3) is 5.65 Å². The van der Waals surface area contributed by atoms with Crippen molar-refractivity contribution in [3.05, 3.63) is 46.5 Å². The minimum Gasteiger partial charge on any atom is -0.302 e. The largest absolute Gasteiger partial charge is 0.302 e. The molecule has 1 unspecified atom stereocenters. The average Bonchev–Trinajstić information content (AvgIpc) is 2.48. The van der Waals surface area contributed by atoms with Crippen LogP contribution in [0.3, 0.4) is 0 Å². The quantitative estimate of drug-likeness (QED) is 0.788. The van der Waals surface area contributed by atoms with Crippen LogP contribution >= 0.6 is 0 Å². The molecule has 0 bridgehead atoms. The Morgan fingerprint density at radius 1 is 1.35 bits per heavy atom. The fourth-order valence-corrected chi connectivity index (χ4v) is 2.76. The van der Waals surface area contributed by atoms with Crippen molar-refractivity contribution in [1.29, 1.82) is 0 Å². The first-order valence-corrected chi connectivity index (χ1v) is 6.94. The summed E-state index contributed by atoms with van der Waals surface area (Å²) >= 11 is 0. The van der Waals surface area contributed by atoms with Crippen LogP contribution in [-0.4, -0.2) is 33.2 Å². The zero-order valence-electron chi connectivity index (χ0n) is 11.2. The lowest BCUT2D eigenvalue weighted by atomic mass is 10.0. The minimum atomic E-state index is -0.0785. The van der Waals surface area contributed by atoms with E-state index in [4.69, 9.17) is 0 Å². The molecule has 0 aromatic carbocycles. The lowest BCUT2D eigenvalue weighted by molar-refractivity contribution is -0.113. The normalized spacial score (nSPS) is 20.1. The topological polar surface area (TPSA) is 54.7 Å². The molecule has 5 nitrogen and oxygen atoms in total. The van der Waals surface area contributed by atoms with Crippen LogP contribution in [-0.2, 0) is 11.3 Å². The fraction of sp³-hybridized carbons (Fsp3) is 0.400. The number of piperidine rings is 1. The van der Waals surface area contributed by atoms with Gasteiger partial charge in [0.05, 0.1) is 11.7 Å². The Balaban J connectivity index is 1.90. The van der Waals surface area contributed by atoms with Gasteiger partial charge >= 0.3 is 0 Å². The van der Waals surface area contributed by atoms with E-state index in [1.54, 1.807) is 12.3 Å². The molecule has 20 heavy (non-hydrogen) atoms. The van der Waals surface area contributed by atoms with Crippen LogP contribution in [0, 0.1) is 0 Å². The highest BCUT2D eigenvalue weighted by molar-refractivity contribution is 5.57. The second-order valence-electron chi connectivity index (χ2n) is 5.18. The van der Waals surface area contributed by atoms with Crippen LogP contribution < -0.4 is 5.56 Å². The number of rotatable bonds is 3. The van der Waals surface area contributed by atoms with E-state index in [-0.39, 0.29) is 11.6 Å². The van der Waals surface area contributed by atoms with Crippen LogP contribution in [0.4, 0.5) is 0 Å². The maximum atomic E-state index is 12.0. The van der Waals surface area contributed by atoms with Gasteiger partial charge in [0, 0.05) is 18.8 Å². The van der Waals surface area contributed by atoms with E-state index in [1.165, 1.54) is 4.40 Å². The molecule has 2 aromatic heterocycles. The minimum absolute atomic E-state index is 0.0419. The van der Waals surface area contributed by atoms with Gasteiger partial charge in [-0.3, -0.25) is 14.1 Å². The monoisotopic (exact) mass is 271 g/mol. The molecular weight excluding hydrogens is 254 g/mol. The highest BCUT2D eigenvalue weighted by Crippen LogP contribution is 2.17. The Bertz CT molecular complexity index is 680. The molecular formula is C15H17N3O2. The fourth-order valence-electron chi connectivity index (χ4n) is 2.76. The Hall–Kier alpha value is -2.01. The van der Waals surface area contributed by atoms with Gasteiger partial charge in [0.25, 0.3) is 5.56 Å². The molecule has 0 radical (unpaired) electrons. The molecule has 1 aliphatic rings. The molecule has 3 heterocycles. The molecule has 5 heteroatoms. The predicted molar refractivity (Wildman–Crippen MR) is 75.6 cm³/mol. The number of nitrogens with zero attached hydrogens (tertiary/aromatic N) is 3. The van der Waals surface area contributed by atoms with E-state index in [2.05, 4.69) is 9.88 Å². The van der Waals surface area contributed by atoms with Crippen molar-refractivity contribution in [1.82, 2.24) is 14.3 Å². The summed E-state index contributed by atoms with van der Waals surface area (Å²) in [6, 6.07) is 7.01. The molecule has 1 saturated heterocycles. The predicted octanol–water partition coefficient (Wildman–Crippen LogP) is 1.25. The maximum Gasteiger partial charge on any atom is 0.258 e. The number of fused-ring (bicyclic) bond motifs is 1. The van der Waals surface area contributed by atoms with Crippen molar-refractivity contribution in [2.75, 3.05) is 6.54 Å². The van der Waals surface area contributed by atoms with Gasteiger partial charge in [0.15, 0.2) is 0 Å². The standard InChI is InChI=1S/C15H17N3O2/c19-11-13-5-1-3-7-17(13)10-12-9-15(20)18-8-4-2-6-14(18)16-12/h2,4,6,8-9,11,13H,1,3,5,7,10H2. The molecule has 1 aliphatic heterocycles. The van der Waals surface area contributed by atoms with Crippen LogP contribution in [0.2, 0.25) is 0 Å². The number of likely N-dealkylation sites (tertiary alicyclic amines) is 1. The lowest BCUT2D eigenvalue weighted by Crippen LogP contribution is -2.40. The molecule has 0 aliphatic carbocycles. The number of aromatic nitrogens is 2. The third-order valence-electron chi connectivity index (χ3n) is 3.81. The van der Waals surface area contributed by atoms with Crippen molar-refractivity contribution in [3.63, 3.8) is 0 Å². The van der Waals surface area contributed by atoms with Crippen molar-refractivity contribution < 1.29 is 4.79 Å². The average molecular weight is 271 g/mol. The van der Waals surface area contributed by atoms with Gasteiger partial charge < -0.3 is 4.79 Å². The number of carbonyl (C=O) groups excluding carboxylic acids is 1. The molecule has 2 aromatic rings. The van der Waals surface area contributed by atoms with E-state index in [0.29, 0.717) is 12.2 Å². The van der Waals surface area contributed by atoms with E-state index in [9.17, 15) is 9.59 Å². The summed E-state index contributed by atoms with van der Waals surface area (Å²) in [6.45, 7) is 1.45. The molecule has 0 N–H and O–H groups in total. The Morgan fingerprint density at radius 2 is 2.25 bits per heavy atom. The lowest BCUT2D eigenvalue weighted by Gasteiger charge is -2.31. The van der Waals surface area contributed by atoms with Crippen molar-refractivity contribution in [3.8, 4) is 0 Å². The first-order chi connectivity index (χ1) is 9.78. The molecule has 3 rings (SSSR count). The summed E-state index contributed by atoms with van der Waals surface area (Å²) in [6.07, 6.45) is 5.80. The van der Waals surface area contributed by atoms with E-state index in [1.807, 2.05) is 18.2 Å². The first kappa shape index (κ1) is 13.0. The summed E-state index contributed by atoms with van der Waals surface area (Å²) in [5.74, 6) is 0. The van der Waals surface area contributed by atoms with Gasteiger partial charge in [-0.05, 0) is 31.5 Å². The van der Waals surface area contributed by atoms with Crippen molar-refractivity contribution in [2.45, 2.75) is 31.8 Å². The first-order valence-electron chi connectivity index (χ1n) is 6.94. The van der Waals surface area contributed by atoms with Gasteiger partial charge in [0.1, 0.15) is 11.9 Å². The molecule has 0 spiro atoms. The number of hydrogen-bond acceptors (Lipinski definition) is 4. The van der Waals surface area contributed by atoms with Crippen LogP contribution in [0.5, 0.6) is 0 Å². The van der Waals surface area contributed by atoms with Gasteiger partial charge in [0.2, 0.25) is 0 Å². The zero-order chi connectivity index (χ0) is 13.9. The Labute approximate surface area is 116 Å². The van der Waals surface area contributed by atoms with Gasteiger partial charge in [-0.1, -0.05) is 12.5 Å². The Kier molecular flexibility index (Phi) is 3.60. The molecule has 1 fully saturated rings. The van der Waals surface area contributed by atoms with Crippen molar-refractivity contribution >= 4 is 11.9 Å². The summed E-state index contributed by atoms with van der Waals surface area (Å²) in [7, 11) is 0. The number of pyridine rings is 1. The molecule has 1 atom stereocenters. The highest BCUT2D eigenvalue weighted by atomic mass is 16.1. The van der Waals surface area contributed by atoms with Gasteiger partial charge in [-0.25, -0.2) is 4.98 Å². The molecule has 104 valence electrons. The Morgan fingerprint density at radius 3 is 3.10 bits per heavy atom. The summed E-state index contributed by atoms with van der Waals surface area (Å²) < 4.78 is 1.52. The summed E-state index contributed by atoms with van der Waals surface area (Å²) in [4.78, 5) is 29.8. The van der Waals surface area contributed by atoms with E-state index < -0.39 is 0 Å². The number of carbonyl (C=O) groups is 1.